The van der Waals surface area contributed by atoms with Crippen LogP contribution in [-0.4, -0.2) is 33.4 Å². The number of fused-ring (bicyclic) bond motifs is 1. The van der Waals surface area contributed by atoms with Crippen molar-refractivity contribution in [2.45, 2.75) is 10.3 Å². The van der Waals surface area contributed by atoms with Crippen molar-refractivity contribution in [3.63, 3.8) is 0 Å². The number of carbonyl (C=O) groups excluding carboxylic acids is 1. The maximum Gasteiger partial charge on any atom is 0.256 e. The zero-order chi connectivity index (χ0) is 15.9. The van der Waals surface area contributed by atoms with Crippen LogP contribution >= 0.6 is 0 Å². The van der Waals surface area contributed by atoms with Crippen molar-refractivity contribution >= 4 is 15.7 Å². The third kappa shape index (κ3) is 2.07. The van der Waals surface area contributed by atoms with Gasteiger partial charge in [-0.3, -0.25) is 4.79 Å². The third-order valence-corrected chi connectivity index (χ3v) is 5.94. The van der Waals surface area contributed by atoms with Gasteiger partial charge in [0.25, 0.3) is 5.91 Å². The minimum atomic E-state index is -3.67. The Morgan fingerprint density at radius 1 is 1.05 bits per heavy atom. The Morgan fingerprint density at radius 2 is 1.68 bits per heavy atom. The first kappa shape index (κ1) is 14.6. The van der Waals surface area contributed by atoms with E-state index in [1.54, 1.807) is 36.4 Å². The summed E-state index contributed by atoms with van der Waals surface area (Å²) >= 11 is 0. The molecule has 0 saturated heterocycles. The van der Waals surface area contributed by atoms with Crippen LogP contribution in [-0.2, 0) is 9.84 Å². The summed E-state index contributed by atoms with van der Waals surface area (Å²) in [5.41, 5.74) is 0.751. The molecule has 0 fully saturated rings. The number of amides is 1. The van der Waals surface area contributed by atoms with E-state index in [9.17, 15) is 13.2 Å². The molecule has 0 unspecified atom stereocenters. The second-order valence-electron chi connectivity index (χ2n) is 5.08. The number of carbonyl (C=O) groups is 1. The number of ether oxygens (including phenoxy) is 1. The Morgan fingerprint density at radius 3 is 2.32 bits per heavy atom. The summed E-state index contributed by atoms with van der Waals surface area (Å²) in [5.74, 6) is 0.331. The molecule has 1 amide bonds. The maximum absolute atomic E-state index is 12.9. The zero-order valence-corrected chi connectivity index (χ0v) is 13.0. The lowest BCUT2D eigenvalue weighted by Gasteiger charge is -2.33. The van der Waals surface area contributed by atoms with E-state index in [1.165, 1.54) is 31.2 Å². The Balaban J connectivity index is 2.18. The molecule has 1 aliphatic rings. The summed E-state index contributed by atoms with van der Waals surface area (Å²) in [4.78, 5) is 13.8. The molecule has 0 bridgehead atoms. The summed E-state index contributed by atoms with van der Waals surface area (Å²) < 4.78 is 30.9. The van der Waals surface area contributed by atoms with Crippen LogP contribution in [0.3, 0.4) is 0 Å². The van der Waals surface area contributed by atoms with Crippen LogP contribution in [0.4, 0.5) is 0 Å². The molecule has 0 N–H and O–H groups in total. The predicted octanol–water partition coefficient (Wildman–Crippen LogP) is 2.25. The quantitative estimate of drug-likeness (QED) is 0.852. The van der Waals surface area contributed by atoms with Gasteiger partial charge in [0.15, 0.2) is 5.37 Å². The molecule has 3 rings (SSSR count). The van der Waals surface area contributed by atoms with Gasteiger partial charge in [0.2, 0.25) is 9.84 Å². The molecule has 114 valence electrons. The average Bonchev–Trinajstić information content (AvgIpc) is 2.53. The summed E-state index contributed by atoms with van der Waals surface area (Å²) in [6.45, 7) is 0. The van der Waals surface area contributed by atoms with Crippen molar-refractivity contribution in [2.75, 3.05) is 14.2 Å². The van der Waals surface area contributed by atoms with Crippen LogP contribution in [0.25, 0.3) is 0 Å². The number of methoxy groups -OCH3 is 1. The molecule has 0 spiro atoms. The van der Waals surface area contributed by atoms with Crippen molar-refractivity contribution in [3.8, 4) is 5.75 Å². The highest BCUT2D eigenvalue weighted by molar-refractivity contribution is 7.91. The van der Waals surface area contributed by atoms with E-state index < -0.39 is 15.2 Å². The van der Waals surface area contributed by atoms with E-state index in [0.29, 0.717) is 11.3 Å². The monoisotopic (exact) mass is 317 g/mol. The Bertz CT molecular complexity index is 827. The van der Waals surface area contributed by atoms with Crippen molar-refractivity contribution < 1.29 is 17.9 Å². The highest BCUT2D eigenvalue weighted by atomic mass is 32.2. The minimum Gasteiger partial charge on any atom is -0.497 e. The maximum atomic E-state index is 12.9. The fourth-order valence-electron chi connectivity index (χ4n) is 2.69. The van der Waals surface area contributed by atoms with E-state index in [4.69, 9.17) is 4.74 Å². The molecule has 2 aromatic rings. The minimum absolute atomic E-state index is 0.0823. The van der Waals surface area contributed by atoms with Crippen LogP contribution in [0.5, 0.6) is 5.75 Å². The lowest BCUT2D eigenvalue weighted by Crippen LogP contribution is -2.41. The van der Waals surface area contributed by atoms with Gasteiger partial charge in [-0.15, -0.1) is 0 Å². The van der Waals surface area contributed by atoms with Gasteiger partial charge in [0.1, 0.15) is 5.75 Å². The topological polar surface area (TPSA) is 63.7 Å². The number of hydrogen-bond donors (Lipinski definition) is 0. The number of sulfone groups is 1. The van der Waals surface area contributed by atoms with Gasteiger partial charge in [-0.1, -0.05) is 24.3 Å². The largest absolute Gasteiger partial charge is 0.497 e. The van der Waals surface area contributed by atoms with Crippen molar-refractivity contribution in [2.24, 2.45) is 0 Å². The van der Waals surface area contributed by atoms with Crippen LogP contribution in [0.1, 0.15) is 21.3 Å². The third-order valence-electron chi connectivity index (χ3n) is 3.79. The summed E-state index contributed by atoms with van der Waals surface area (Å²) in [5, 5.41) is -1.03. The molecule has 1 heterocycles. The number of benzene rings is 2. The van der Waals surface area contributed by atoms with Crippen LogP contribution < -0.4 is 4.74 Å². The number of rotatable bonds is 2. The Labute approximate surface area is 129 Å². The predicted molar refractivity (Wildman–Crippen MR) is 81.5 cm³/mol. The van der Waals surface area contributed by atoms with Crippen molar-refractivity contribution in [1.82, 2.24) is 4.90 Å². The van der Waals surface area contributed by atoms with E-state index >= 15 is 0 Å². The second-order valence-corrected chi connectivity index (χ2v) is 7.06. The molecule has 1 atom stereocenters. The Hall–Kier alpha value is -2.34. The molecular weight excluding hydrogens is 302 g/mol. The lowest BCUT2D eigenvalue weighted by atomic mass is 10.1. The fourth-order valence-corrected chi connectivity index (χ4v) is 4.69. The van der Waals surface area contributed by atoms with Crippen molar-refractivity contribution in [1.29, 1.82) is 0 Å². The Kier molecular flexibility index (Phi) is 3.41. The van der Waals surface area contributed by atoms with Gasteiger partial charge in [0, 0.05) is 7.05 Å². The molecule has 0 aromatic heterocycles. The van der Waals surface area contributed by atoms with Crippen LogP contribution in [0.2, 0.25) is 0 Å². The standard InChI is InChI=1S/C16H15NO4S/c1-17-15(18)13-5-3-4-6-14(13)22(19,20)16(17)11-7-9-12(21-2)10-8-11/h3-10,16H,1-2H3/t16-/m1/s1. The highest BCUT2D eigenvalue weighted by Crippen LogP contribution is 2.38. The molecule has 1 aliphatic heterocycles. The van der Waals surface area contributed by atoms with Crippen molar-refractivity contribution in [3.05, 3.63) is 59.7 Å². The normalized spacial score (nSPS) is 19.6. The van der Waals surface area contributed by atoms with E-state index in [0.717, 1.165) is 0 Å². The molecular formula is C16H15NO4S. The number of nitrogens with zero attached hydrogens (tertiary/aromatic N) is 1. The first-order valence-electron chi connectivity index (χ1n) is 6.71. The van der Waals surface area contributed by atoms with Gasteiger partial charge < -0.3 is 9.64 Å². The first-order valence-corrected chi connectivity index (χ1v) is 8.25. The molecule has 0 saturated carbocycles. The SMILES string of the molecule is COc1ccc([C@@H]2N(C)C(=O)c3ccccc3S2(=O)=O)cc1. The highest BCUT2D eigenvalue weighted by Gasteiger charge is 2.42. The van der Waals surface area contributed by atoms with Crippen LogP contribution in [0, 0.1) is 0 Å². The summed E-state index contributed by atoms with van der Waals surface area (Å²) in [6.07, 6.45) is 0. The lowest BCUT2D eigenvalue weighted by molar-refractivity contribution is 0.0761. The van der Waals surface area contributed by atoms with Crippen LogP contribution in [0.15, 0.2) is 53.4 Å². The van der Waals surface area contributed by atoms with Gasteiger partial charge in [-0.05, 0) is 29.8 Å². The first-order chi connectivity index (χ1) is 10.5. The molecule has 22 heavy (non-hydrogen) atoms. The summed E-state index contributed by atoms with van der Waals surface area (Å²) in [7, 11) is -0.629. The van der Waals surface area contributed by atoms with E-state index in [2.05, 4.69) is 0 Å². The smallest absolute Gasteiger partial charge is 0.256 e. The molecule has 0 aliphatic carbocycles. The average molecular weight is 317 g/mol. The molecule has 5 nitrogen and oxygen atoms in total. The molecule has 6 heteroatoms. The van der Waals surface area contributed by atoms with E-state index in [-0.39, 0.29) is 16.4 Å². The van der Waals surface area contributed by atoms with Gasteiger partial charge in [0.05, 0.1) is 17.6 Å². The van der Waals surface area contributed by atoms with Gasteiger partial charge in [-0.2, -0.15) is 0 Å². The van der Waals surface area contributed by atoms with Gasteiger partial charge in [-0.25, -0.2) is 8.42 Å². The van der Waals surface area contributed by atoms with Gasteiger partial charge >= 0.3 is 0 Å². The fraction of sp³-hybridized carbons (Fsp3) is 0.188. The number of hydrogen-bond acceptors (Lipinski definition) is 4. The van der Waals surface area contributed by atoms with E-state index in [1.807, 2.05) is 0 Å². The zero-order valence-electron chi connectivity index (χ0n) is 12.2. The molecule has 2 aromatic carbocycles. The second kappa shape index (κ2) is 5.14. The summed E-state index contributed by atoms with van der Waals surface area (Å²) in [6, 6.07) is 13.0. The molecule has 0 radical (unpaired) electrons.